The number of hydrogen-bond acceptors (Lipinski definition) is 4. The third-order valence-corrected chi connectivity index (χ3v) is 3.53. The van der Waals surface area contributed by atoms with Gasteiger partial charge in [0.15, 0.2) is 11.0 Å². The molecule has 0 amide bonds. The number of carboxylic acids is 1. The first-order valence-corrected chi connectivity index (χ1v) is 6.48. The van der Waals surface area contributed by atoms with Gasteiger partial charge in [0, 0.05) is 7.05 Å². The van der Waals surface area contributed by atoms with E-state index in [1.165, 1.54) is 6.07 Å². The Labute approximate surface area is 113 Å². The van der Waals surface area contributed by atoms with Crippen molar-refractivity contribution in [2.75, 3.05) is 5.75 Å². The van der Waals surface area contributed by atoms with E-state index in [1.54, 1.807) is 23.7 Å². The van der Waals surface area contributed by atoms with E-state index in [0.717, 1.165) is 17.3 Å². The highest BCUT2D eigenvalue weighted by Gasteiger charge is 2.15. The maximum Gasteiger partial charge on any atom is 0.313 e. The zero-order chi connectivity index (χ0) is 14.0. The lowest BCUT2D eigenvalue weighted by Gasteiger charge is -2.05. The predicted octanol–water partition coefficient (Wildman–Crippen LogP) is 2.11. The van der Waals surface area contributed by atoms with Gasteiger partial charge in [-0.2, -0.15) is 0 Å². The van der Waals surface area contributed by atoms with Crippen LogP contribution in [0.2, 0.25) is 0 Å². The Kier molecular flexibility index (Phi) is 3.84. The Morgan fingerprint density at radius 2 is 2.21 bits per heavy atom. The highest BCUT2D eigenvalue weighted by molar-refractivity contribution is 7.99. The number of aryl methyl sites for hydroxylation is 1. The average molecular weight is 281 g/mol. The molecule has 0 saturated carbocycles. The normalized spacial score (nSPS) is 10.7. The van der Waals surface area contributed by atoms with Crippen LogP contribution in [0, 0.1) is 12.7 Å². The highest BCUT2D eigenvalue weighted by atomic mass is 32.2. The van der Waals surface area contributed by atoms with Crippen molar-refractivity contribution in [2.45, 2.75) is 12.1 Å². The molecular formula is C12H12FN3O2S. The predicted molar refractivity (Wildman–Crippen MR) is 69.5 cm³/mol. The molecule has 2 aromatic rings. The van der Waals surface area contributed by atoms with Gasteiger partial charge < -0.3 is 9.67 Å². The molecule has 5 nitrogen and oxygen atoms in total. The summed E-state index contributed by atoms with van der Waals surface area (Å²) in [6.45, 7) is 1.86. The molecule has 0 aliphatic heterocycles. The zero-order valence-electron chi connectivity index (χ0n) is 10.4. The Hall–Kier alpha value is -1.89. The van der Waals surface area contributed by atoms with E-state index in [2.05, 4.69) is 10.2 Å². The molecule has 1 aromatic heterocycles. The lowest BCUT2D eigenvalue weighted by Crippen LogP contribution is -2.01. The second-order valence-corrected chi connectivity index (χ2v) is 4.97. The molecule has 100 valence electrons. The lowest BCUT2D eigenvalue weighted by atomic mass is 10.1. The molecular weight excluding hydrogens is 269 g/mol. The molecule has 1 N–H and O–H groups in total. The Morgan fingerprint density at radius 1 is 1.47 bits per heavy atom. The fourth-order valence-corrected chi connectivity index (χ4v) is 2.24. The summed E-state index contributed by atoms with van der Waals surface area (Å²) in [6, 6.07) is 4.74. The molecule has 0 saturated heterocycles. The summed E-state index contributed by atoms with van der Waals surface area (Å²) in [4.78, 5) is 10.5. The van der Waals surface area contributed by atoms with Gasteiger partial charge in [-0.15, -0.1) is 10.2 Å². The standard InChI is InChI=1S/C12H12FN3O2S/c1-7-3-4-9(13)8(5-7)11-14-15-12(16(11)2)19-6-10(17)18/h3-5H,6H2,1-2H3,(H,17,18). The Bertz CT molecular complexity index is 627. The summed E-state index contributed by atoms with van der Waals surface area (Å²) in [6.07, 6.45) is 0. The molecule has 0 aliphatic carbocycles. The molecule has 0 atom stereocenters. The van der Waals surface area contributed by atoms with E-state index in [9.17, 15) is 9.18 Å². The third kappa shape index (κ3) is 2.93. The number of rotatable bonds is 4. The molecule has 0 spiro atoms. The van der Waals surface area contributed by atoms with Crippen LogP contribution in [0.4, 0.5) is 4.39 Å². The van der Waals surface area contributed by atoms with Crippen LogP contribution in [0.3, 0.4) is 0 Å². The molecule has 0 bridgehead atoms. The van der Waals surface area contributed by atoms with Gasteiger partial charge in [-0.25, -0.2) is 4.39 Å². The monoisotopic (exact) mass is 281 g/mol. The van der Waals surface area contributed by atoms with Crippen LogP contribution in [-0.4, -0.2) is 31.6 Å². The lowest BCUT2D eigenvalue weighted by molar-refractivity contribution is -0.133. The summed E-state index contributed by atoms with van der Waals surface area (Å²) in [5.74, 6) is -1.04. The van der Waals surface area contributed by atoms with Gasteiger partial charge in [-0.05, 0) is 19.1 Å². The van der Waals surface area contributed by atoms with E-state index in [1.807, 2.05) is 6.92 Å². The quantitative estimate of drug-likeness (QED) is 0.869. The van der Waals surface area contributed by atoms with E-state index in [4.69, 9.17) is 5.11 Å². The number of nitrogens with zero attached hydrogens (tertiary/aromatic N) is 3. The number of hydrogen-bond donors (Lipinski definition) is 1. The van der Waals surface area contributed by atoms with Crippen molar-refractivity contribution in [2.24, 2.45) is 7.05 Å². The molecule has 2 rings (SSSR count). The number of thioether (sulfide) groups is 1. The highest BCUT2D eigenvalue weighted by Crippen LogP contribution is 2.25. The summed E-state index contributed by atoms with van der Waals surface area (Å²) in [7, 11) is 1.68. The third-order valence-electron chi connectivity index (χ3n) is 2.52. The van der Waals surface area contributed by atoms with Crippen molar-refractivity contribution >= 4 is 17.7 Å². The number of aliphatic carboxylic acids is 1. The van der Waals surface area contributed by atoms with Gasteiger partial charge in [-0.1, -0.05) is 23.4 Å². The SMILES string of the molecule is Cc1ccc(F)c(-c2nnc(SCC(=O)O)n2C)c1. The minimum atomic E-state index is -0.934. The molecule has 0 fully saturated rings. The first-order valence-electron chi connectivity index (χ1n) is 5.49. The maximum atomic E-state index is 13.8. The maximum absolute atomic E-state index is 13.8. The van der Waals surface area contributed by atoms with Crippen LogP contribution in [0.15, 0.2) is 23.4 Å². The molecule has 19 heavy (non-hydrogen) atoms. The minimum Gasteiger partial charge on any atom is -0.481 e. The van der Waals surface area contributed by atoms with E-state index in [0.29, 0.717) is 16.5 Å². The van der Waals surface area contributed by atoms with Gasteiger partial charge in [0.1, 0.15) is 5.82 Å². The summed E-state index contributed by atoms with van der Waals surface area (Å²) < 4.78 is 15.4. The van der Waals surface area contributed by atoms with Crippen LogP contribution >= 0.6 is 11.8 Å². The number of benzene rings is 1. The van der Waals surface area contributed by atoms with E-state index < -0.39 is 5.97 Å². The van der Waals surface area contributed by atoms with Gasteiger partial charge in [-0.3, -0.25) is 4.79 Å². The fraction of sp³-hybridized carbons (Fsp3) is 0.250. The van der Waals surface area contributed by atoms with Crippen LogP contribution in [0.1, 0.15) is 5.56 Å². The molecule has 1 heterocycles. The van der Waals surface area contributed by atoms with E-state index >= 15 is 0 Å². The second-order valence-electron chi connectivity index (χ2n) is 4.03. The summed E-state index contributed by atoms with van der Waals surface area (Å²) in [5.41, 5.74) is 1.27. The number of carboxylic acid groups (broad SMARTS) is 1. The molecule has 0 aliphatic rings. The van der Waals surface area contributed by atoms with Gasteiger partial charge in [0.2, 0.25) is 0 Å². The van der Waals surface area contributed by atoms with Crippen molar-refractivity contribution in [1.82, 2.24) is 14.8 Å². The topological polar surface area (TPSA) is 68.0 Å². The zero-order valence-corrected chi connectivity index (χ0v) is 11.2. The van der Waals surface area contributed by atoms with E-state index in [-0.39, 0.29) is 11.6 Å². The Balaban J connectivity index is 2.36. The van der Waals surface area contributed by atoms with Gasteiger partial charge >= 0.3 is 5.97 Å². The van der Waals surface area contributed by atoms with Crippen LogP contribution in [0.5, 0.6) is 0 Å². The van der Waals surface area contributed by atoms with Crippen molar-refractivity contribution in [3.8, 4) is 11.4 Å². The first kappa shape index (κ1) is 13.5. The minimum absolute atomic E-state index is 0.109. The molecule has 0 radical (unpaired) electrons. The number of carbonyl (C=O) groups is 1. The van der Waals surface area contributed by atoms with Crippen molar-refractivity contribution in [3.63, 3.8) is 0 Å². The molecule has 0 unspecified atom stereocenters. The number of aromatic nitrogens is 3. The van der Waals surface area contributed by atoms with Gasteiger partial charge in [0.05, 0.1) is 11.3 Å². The molecule has 1 aromatic carbocycles. The van der Waals surface area contributed by atoms with Crippen LogP contribution < -0.4 is 0 Å². The average Bonchev–Trinajstić information content (AvgIpc) is 2.71. The van der Waals surface area contributed by atoms with Crippen LogP contribution in [-0.2, 0) is 11.8 Å². The van der Waals surface area contributed by atoms with Crippen molar-refractivity contribution in [1.29, 1.82) is 0 Å². The Morgan fingerprint density at radius 3 is 2.89 bits per heavy atom. The molecule has 7 heteroatoms. The number of halogens is 1. The van der Waals surface area contributed by atoms with Crippen LogP contribution in [0.25, 0.3) is 11.4 Å². The van der Waals surface area contributed by atoms with Crippen molar-refractivity contribution in [3.05, 3.63) is 29.6 Å². The largest absolute Gasteiger partial charge is 0.481 e. The summed E-state index contributed by atoms with van der Waals surface area (Å²) in [5, 5.41) is 16.9. The first-order chi connectivity index (χ1) is 8.99. The smallest absolute Gasteiger partial charge is 0.313 e. The second kappa shape index (κ2) is 5.40. The van der Waals surface area contributed by atoms with Gasteiger partial charge in [0.25, 0.3) is 0 Å². The van der Waals surface area contributed by atoms with Crippen molar-refractivity contribution < 1.29 is 14.3 Å². The summed E-state index contributed by atoms with van der Waals surface area (Å²) >= 11 is 1.05. The fourth-order valence-electron chi connectivity index (χ4n) is 1.61.